The van der Waals surface area contributed by atoms with Gasteiger partial charge in [0.15, 0.2) is 0 Å². The van der Waals surface area contributed by atoms with E-state index in [1.807, 2.05) is 24.3 Å². The molecular weight excluding hydrogens is 220 g/mol. The van der Waals surface area contributed by atoms with Gasteiger partial charge < -0.3 is 14.6 Å². The van der Waals surface area contributed by atoms with Gasteiger partial charge in [0, 0.05) is 0 Å². The topological polar surface area (TPSA) is 55.8 Å². The molecule has 1 aliphatic rings. The average Bonchev–Trinajstić information content (AvgIpc) is 3.14. The van der Waals surface area contributed by atoms with Crippen LogP contribution in [0.2, 0.25) is 0 Å². The van der Waals surface area contributed by atoms with E-state index >= 15 is 0 Å². The largest absolute Gasteiger partial charge is 0.497 e. The van der Waals surface area contributed by atoms with E-state index in [9.17, 15) is 4.79 Å². The minimum atomic E-state index is -0.927. The molecule has 0 bridgehead atoms. The van der Waals surface area contributed by atoms with Crippen LogP contribution in [0.4, 0.5) is 0 Å². The zero-order chi connectivity index (χ0) is 12.3. The van der Waals surface area contributed by atoms with Gasteiger partial charge in [0.1, 0.15) is 12.4 Å². The first-order valence-corrected chi connectivity index (χ1v) is 5.68. The van der Waals surface area contributed by atoms with Crippen LogP contribution in [0.25, 0.3) is 0 Å². The minimum Gasteiger partial charge on any atom is -0.497 e. The van der Waals surface area contributed by atoms with Crippen molar-refractivity contribution >= 4 is 5.97 Å². The second-order valence-electron chi connectivity index (χ2n) is 4.24. The molecule has 2 rings (SSSR count). The van der Waals surface area contributed by atoms with Gasteiger partial charge in [-0.2, -0.15) is 0 Å². The van der Waals surface area contributed by atoms with Crippen molar-refractivity contribution < 1.29 is 19.4 Å². The van der Waals surface area contributed by atoms with Gasteiger partial charge >= 0.3 is 5.97 Å². The van der Waals surface area contributed by atoms with Crippen molar-refractivity contribution in [3.8, 4) is 5.75 Å². The first kappa shape index (κ1) is 11.9. The molecule has 1 N–H and O–H groups in total. The van der Waals surface area contributed by atoms with Gasteiger partial charge in [0.05, 0.1) is 13.2 Å². The van der Waals surface area contributed by atoms with Crippen molar-refractivity contribution in [1.29, 1.82) is 0 Å². The van der Waals surface area contributed by atoms with Crippen LogP contribution >= 0.6 is 0 Å². The van der Waals surface area contributed by atoms with Crippen molar-refractivity contribution in [1.82, 2.24) is 0 Å². The molecule has 1 saturated carbocycles. The van der Waals surface area contributed by atoms with Crippen LogP contribution < -0.4 is 4.74 Å². The molecule has 4 heteroatoms. The minimum absolute atomic E-state index is 0.1000. The summed E-state index contributed by atoms with van der Waals surface area (Å²) in [5.41, 5.74) is 1.02. The molecular formula is C13H16O4. The zero-order valence-corrected chi connectivity index (χ0v) is 9.76. The molecule has 1 aromatic rings. The molecule has 0 aliphatic heterocycles. The highest BCUT2D eigenvalue weighted by Crippen LogP contribution is 2.43. The second kappa shape index (κ2) is 5.19. The summed E-state index contributed by atoms with van der Waals surface area (Å²) in [6, 6.07) is 7.61. The number of aliphatic carboxylic acids is 1. The lowest BCUT2D eigenvalue weighted by Crippen LogP contribution is -2.13. The third-order valence-corrected chi connectivity index (χ3v) is 2.88. The van der Waals surface area contributed by atoms with Crippen LogP contribution in [0.15, 0.2) is 24.3 Å². The van der Waals surface area contributed by atoms with Crippen LogP contribution in [-0.2, 0) is 9.53 Å². The molecule has 1 fully saturated rings. The first-order chi connectivity index (χ1) is 8.20. The van der Waals surface area contributed by atoms with Crippen molar-refractivity contribution in [2.75, 3.05) is 13.7 Å². The molecule has 0 aromatic heterocycles. The van der Waals surface area contributed by atoms with Crippen molar-refractivity contribution in [3.05, 3.63) is 29.8 Å². The highest BCUT2D eigenvalue weighted by atomic mass is 16.5. The molecule has 92 valence electrons. The lowest BCUT2D eigenvalue weighted by Gasteiger charge is -2.16. The summed E-state index contributed by atoms with van der Waals surface area (Å²) >= 11 is 0. The van der Waals surface area contributed by atoms with Crippen molar-refractivity contribution in [3.63, 3.8) is 0 Å². The maximum Gasteiger partial charge on any atom is 0.329 e. The molecule has 0 saturated heterocycles. The number of carboxylic acids is 1. The van der Waals surface area contributed by atoms with E-state index < -0.39 is 5.97 Å². The lowest BCUT2D eigenvalue weighted by atomic mass is 10.1. The fourth-order valence-electron chi connectivity index (χ4n) is 1.86. The number of benzene rings is 1. The second-order valence-corrected chi connectivity index (χ2v) is 4.24. The van der Waals surface area contributed by atoms with Gasteiger partial charge in [-0.3, -0.25) is 0 Å². The van der Waals surface area contributed by atoms with Crippen LogP contribution in [0, 0.1) is 5.92 Å². The summed E-state index contributed by atoms with van der Waals surface area (Å²) < 4.78 is 10.5. The fourth-order valence-corrected chi connectivity index (χ4v) is 1.86. The van der Waals surface area contributed by atoms with Gasteiger partial charge in [0.25, 0.3) is 0 Å². The summed E-state index contributed by atoms with van der Waals surface area (Å²) in [4.78, 5) is 10.5. The number of carboxylic acid groups (broad SMARTS) is 1. The number of carbonyl (C=O) groups is 1. The maximum atomic E-state index is 10.5. The van der Waals surface area contributed by atoms with Gasteiger partial charge in [-0.1, -0.05) is 12.1 Å². The van der Waals surface area contributed by atoms with E-state index in [0.717, 1.165) is 24.2 Å². The van der Waals surface area contributed by atoms with Crippen LogP contribution in [-0.4, -0.2) is 24.8 Å². The maximum absolute atomic E-state index is 10.5. The molecule has 1 aromatic carbocycles. The zero-order valence-electron chi connectivity index (χ0n) is 9.76. The van der Waals surface area contributed by atoms with Crippen LogP contribution in [0.3, 0.4) is 0 Å². The normalized spacial score (nSPS) is 16.5. The fraction of sp³-hybridized carbons (Fsp3) is 0.462. The SMILES string of the molecule is COc1ccc(C(OCC(=O)O)C2CC2)cc1. The summed E-state index contributed by atoms with van der Waals surface area (Å²) in [6.07, 6.45) is 2.11. The van der Waals surface area contributed by atoms with Gasteiger partial charge in [-0.25, -0.2) is 4.79 Å². The Labute approximate surface area is 100 Å². The molecule has 1 atom stereocenters. The Kier molecular flexibility index (Phi) is 3.64. The Morgan fingerprint density at radius 3 is 2.53 bits per heavy atom. The Morgan fingerprint density at radius 2 is 2.06 bits per heavy atom. The van der Waals surface area contributed by atoms with Crippen molar-refractivity contribution in [2.45, 2.75) is 18.9 Å². The van der Waals surface area contributed by atoms with Crippen LogP contribution in [0.5, 0.6) is 5.75 Å². The van der Waals surface area contributed by atoms with E-state index in [1.165, 1.54) is 0 Å². The quantitative estimate of drug-likeness (QED) is 0.823. The van der Waals surface area contributed by atoms with Gasteiger partial charge in [0.2, 0.25) is 0 Å². The standard InChI is InChI=1S/C13H16O4/c1-16-11-6-4-10(5-7-11)13(9-2-3-9)17-8-12(14)15/h4-7,9,13H,2-3,8H2,1H3,(H,14,15). The lowest BCUT2D eigenvalue weighted by molar-refractivity contribution is -0.145. The van der Waals surface area contributed by atoms with Gasteiger partial charge in [-0.05, 0) is 36.5 Å². The Morgan fingerprint density at radius 1 is 1.41 bits per heavy atom. The summed E-state index contributed by atoms with van der Waals surface area (Å²) in [7, 11) is 1.62. The van der Waals surface area contributed by atoms with E-state index in [0.29, 0.717) is 5.92 Å². The third kappa shape index (κ3) is 3.20. The monoisotopic (exact) mass is 236 g/mol. The highest BCUT2D eigenvalue weighted by molar-refractivity contribution is 5.68. The van der Waals surface area contributed by atoms with E-state index in [2.05, 4.69) is 0 Å². The third-order valence-electron chi connectivity index (χ3n) is 2.88. The predicted octanol–water partition coefficient (Wildman–Crippen LogP) is 2.25. The molecule has 0 radical (unpaired) electrons. The molecule has 1 aliphatic carbocycles. The first-order valence-electron chi connectivity index (χ1n) is 5.68. The predicted molar refractivity (Wildman–Crippen MR) is 62.0 cm³/mol. The Bertz CT molecular complexity index is 381. The van der Waals surface area contributed by atoms with E-state index in [4.69, 9.17) is 14.6 Å². The molecule has 0 amide bonds. The summed E-state index contributed by atoms with van der Waals surface area (Å²) in [6.45, 7) is -0.243. The van der Waals surface area contributed by atoms with Crippen LogP contribution in [0.1, 0.15) is 24.5 Å². The number of ether oxygens (including phenoxy) is 2. The van der Waals surface area contributed by atoms with Gasteiger partial charge in [-0.15, -0.1) is 0 Å². The number of hydrogen-bond acceptors (Lipinski definition) is 3. The molecule has 0 spiro atoms. The molecule has 17 heavy (non-hydrogen) atoms. The number of methoxy groups -OCH3 is 1. The van der Waals surface area contributed by atoms with E-state index in [-0.39, 0.29) is 12.7 Å². The Hall–Kier alpha value is -1.55. The summed E-state index contributed by atoms with van der Waals surface area (Å²) in [5, 5.41) is 8.65. The number of hydrogen-bond donors (Lipinski definition) is 1. The molecule has 4 nitrogen and oxygen atoms in total. The van der Waals surface area contributed by atoms with Crippen molar-refractivity contribution in [2.24, 2.45) is 5.92 Å². The molecule has 0 heterocycles. The smallest absolute Gasteiger partial charge is 0.329 e. The highest BCUT2D eigenvalue weighted by Gasteiger charge is 2.33. The average molecular weight is 236 g/mol. The van der Waals surface area contributed by atoms with E-state index in [1.54, 1.807) is 7.11 Å². The molecule has 1 unspecified atom stereocenters. The number of rotatable bonds is 6. The summed E-state index contributed by atoms with van der Waals surface area (Å²) in [5.74, 6) is 0.327. The Balaban J connectivity index is 2.05.